The summed E-state index contributed by atoms with van der Waals surface area (Å²) >= 11 is 14.1. The van der Waals surface area contributed by atoms with E-state index in [0.29, 0.717) is 12.2 Å². The molecule has 0 aromatic heterocycles. The highest BCUT2D eigenvalue weighted by atomic mass is 35.5. The average Bonchev–Trinajstić information content (AvgIpc) is 3.34. The summed E-state index contributed by atoms with van der Waals surface area (Å²) < 4.78 is 15.9. The van der Waals surface area contributed by atoms with Crippen LogP contribution in [0.15, 0.2) is 76.0 Å². The van der Waals surface area contributed by atoms with Crippen LogP contribution in [0.1, 0.15) is 61.4 Å². The molecule has 0 unspecified atom stereocenters. The molecule has 1 fully saturated rings. The number of aromatic hydroxyl groups is 2. The molecule has 292 valence electrons. The van der Waals surface area contributed by atoms with Gasteiger partial charge in [-0.1, -0.05) is 76.9 Å². The molecule has 0 bridgehead atoms. The van der Waals surface area contributed by atoms with E-state index in [1.54, 1.807) is 5.57 Å². The number of hydrogen-bond donors (Lipinski definition) is 4. The molecule has 7 rings (SSSR count). The Morgan fingerprint density at radius 3 is 1.80 bits per heavy atom. The van der Waals surface area contributed by atoms with Gasteiger partial charge >= 0.3 is 23.9 Å². The smallest absolute Gasteiger partial charge is 0.347 e. The highest BCUT2D eigenvalue weighted by Gasteiger charge is 2.36. The molecule has 3 heterocycles. The average molecular weight is 823 g/mol. The lowest BCUT2D eigenvalue weighted by atomic mass is 9.88. The van der Waals surface area contributed by atoms with E-state index in [2.05, 4.69) is 60.5 Å². The summed E-state index contributed by atoms with van der Waals surface area (Å²) in [7, 11) is 3.39. The van der Waals surface area contributed by atoms with Crippen LogP contribution in [0.4, 0.5) is 0 Å². The zero-order chi connectivity index (χ0) is 41.0. The van der Waals surface area contributed by atoms with Crippen LogP contribution in [-0.4, -0.2) is 76.5 Å². The van der Waals surface area contributed by atoms with Crippen molar-refractivity contribution in [2.75, 3.05) is 27.2 Å². The van der Waals surface area contributed by atoms with Crippen LogP contribution in [0.3, 0.4) is 0 Å². The van der Waals surface area contributed by atoms with E-state index < -0.39 is 35.4 Å². The number of phenols is 2. The number of piperidine rings is 1. The van der Waals surface area contributed by atoms with Gasteiger partial charge in [0, 0.05) is 46.2 Å². The minimum Gasteiger partial charge on any atom is -0.507 e. The number of carbonyl (C=O) groups excluding carboxylic acids is 2. The fraction of sp³-hybridized carbons (Fsp3) is 0.220. The fourth-order valence-corrected chi connectivity index (χ4v) is 7.89. The standard InChI is InChI=1S/C19H19NS.C18H14Cl2O7.C4H4O4/c1-20-12-10-14(11-13-20)19-15-6-2-4-8-17(15)21-18-9-5-3-7-16(18)19;1-5-9-16(11(20)13(22)10(5)19)26-14-6(2)8(17(23)25-4)12(21)7(3)15(14)27-18(9)24;5-3(6)1-2-4(7)8/h2-9H,10-13H2,1H3;21-22H,1-4H3;1-2H,(H,5,6)(H,7,8). The molecule has 56 heavy (non-hydrogen) atoms. The van der Waals surface area contributed by atoms with Crippen molar-refractivity contribution in [3.63, 3.8) is 0 Å². The Hall–Kier alpha value is -5.47. The Morgan fingerprint density at radius 1 is 0.768 bits per heavy atom. The number of carboxylic acids is 2. The van der Waals surface area contributed by atoms with Crippen LogP contribution < -0.4 is 9.47 Å². The third-order valence-electron chi connectivity index (χ3n) is 9.24. The monoisotopic (exact) mass is 821 g/mol. The zero-order valence-corrected chi connectivity index (χ0v) is 33.2. The normalized spacial score (nSPS) is 14.2. The first kappa shape index (κ1) is 41.7. The molecule has 0 saturated carbocycles. The Morgan fingerprint density at radius 2 is 1.29 bits per heavy atom. The SMILES string of the molecule is CN1CCC(=C2c3ccccc3Sc3ccccc32)CC1.COC(=O)c1c(C)c2c(c(C)c1O)OC(=O)c1c(C)c(Cl)c(O)c(Cl)c1O2.O=C(O)C=CC(=O)O. The quantitative estimate of drug-likeness (QED) is 0.0771. The van der Waals surface area contributed by atoms with Crippen molar-refractivity contribution < 1.29 is 53.8 Å². The number of methoxy groups -OCH3 is 1. The number of rotatable bonds is 3. The second-order valence-electron chi connectivity index (χ2n) is 12.8. The van der Waals surface area contributed by atoms with Crippen molar-refractivity contribution in [3.8, 4) is 28.7 Å². The second-order valence-corrected chi connectivity index (χ2v) is 14.6. The molecule has 0 amide bonds. The first-order chi connectivity index (χ1) is 26.6. The minimum absolute atomic E-state index is 0.0131. The van der Waals surface area contributed by atoms with E-state index in [1.165, 1.54) is 80.3 Å². The number of fused-ring (bicyclic) bond motifs is 4. The van der Waals surface area contributed by atoms with Gasteiger partial charge in [-0.25, -0.2) is 19.2 Å². The number of ether oxygens (including phenoxy) is 3. The Bertz CT molecular complexity index is 2260. The molecule has 15 heteroatoms. The van der Waals surface area contributed by atoms with Gasteiger partial charge in [-0.3, -0.25) is 0 Å². The van der Waals surface area contributed by atoms with Gasteiger partial charge in [-0.05, 0) is 75.1 Å². The summed E-state index contributed by atoms with van der Waals surface area (Å²) in [5.74, 6) is -5.25. The number of halogens is 2. The van der Waals surface area contributed by atoms with Crippen molar-refractivity contribution >= 4 is 64.4 Å². The van der Waals surface area contributed by atoms with Crippen molar-refractivity contribution in [1.29, 1.82) is 0 Å². The third-order valence-corrected chi connectivity index (χ3v) is 11.2. The van der Waals surface area contributed by atoms with Gasteiger partial charge in [0.15, 0.2) is 23.0 Å². The Labute approximate surface area is 336 Å². The molecular formula is C41H37Cl2NO11S. The van der Waals surface area contributed by atoms with E-state index in [9.17, 15) is 29.4 Å². The molecule has 0 radical (unpaired) electrons. The van der Waals surface area contributed by atoms with Crippen LogP contribution in [0.2, 0.25) is 10.0 Å². The molecule has 12 nitrogen and oxygen atoms in total. The molecule has 1 saturated heterocycles. The van der Waals surface area contributed by atoms with Gasteiger partial charge in [0.25, 0.3) is 0 Å². The third kappa shape index (κ3) is 8.51. The van der Waals surface area contributed by atoms with Crippen LogP contribution in [0.5, 0.6) is 28.7 Å². The molecule has 0 spiro atoms. The van der Waals surface area contributed by atoms with Crippen LogP contribution in [0, 0.1) is 20.8 Å². The first-order valence-electron chi connectivity index (χ1n) is 17.0. The topological polar surface area (TPSA) is 180 Å². The number of phenolic OH excluding ortho intramolecular Hbond substituents is 2. The van der Waals surface area contributed by atoms with Crippen LogP contribution >= 0.6 is 35.0 Å². The summed E-state index contributed by atoms with van der Waals surface area (Å²) in [6, 6.07) is 17.7. The van der Waals surface area contributed by atoms with Gasteiger partial charge in [-0.15, -0.1) is 0 Å². The van der Waals surface area contributed by atoms with Gasteiger partial charge in [-0.2, -0.15) is 0 Å². The van der Waals surface area contributed by atoms with Gasteiger partial charge in [0.05, 0.1) is 12.1 Å². The van der Waals surface area contributed by atoms with E-state index >= 15 is 0 Å². The number of hydrogen-bond acceptors (Lipinski definition) is 11. The number of carboxylic acid groups (broad SMARTS) is 2. The van der Waals surface area contributed by atoms with Gasteiger partial charge in [0.2, 0.25) is 0 Å². The van der Waals surface area contributed by atoms with Crippen LogP contribution in [0.25, 0.3) is 5.57 Å². The van der Waals surface area contributed by atoms with Gasteiger partial charge < -0.3 is 39.5 Å². The summed E-state index contributed by atoms with van der Waals surface area (Å²) in [6.07, 6.45) is 3.50. The molecule has 0 aliphatic carbocycles. The maximum absolute atomic E-state index is 12.7. The molecule has 0 atom stereocenters. The lowest BCUT2D eigenvalue weighted by Crippen LogP contribution is -2.27. The minimum atomic E-state index is -1.26. The molecule has 4 aromatic rings. The van der Waals surface area contributed by atoms with Crippen molar-refractivity contribution in [2.45, 2.75) is 43.4 Å². The highest BCUT2D eigenvalue weighted by molar-refractivity contribution is 7.99. The number of esters is 2. The first-order valence-corrected chi connectivity index (χ1v) is 18.6. The van der Waals surface area contributed by atoms with Crippen molar-refractivity contribution in [3.05, 3.63) is 115 Å². The summed E-state index contributed by atoms with van der Waals surface area (Å²) in [5, 5.41) is 35.7. The van der Waals surface area contributed by atoms with E-state index in [1.807, 2.05) is 11.8 Å². The van der Waals surface area contributed by atoms with Gasteiger partial charge in [0.1, 0.15) is 21.9 Å². The fourth-order valence-electron chi connectivity index (χ4n) is 6.33. The predicted octanol–water partition coefficient (Wildman–Crippen LogP) is 8.83. The number of benzene rings is 4. The Kier molecular flexibility index (Phi) is 13.1. The molecule has 3 aliphatic heterocycles. The number of aliphatic carboxylic acids is 2. The van der Waals surface area contributed by atoms with E-state index in [-0.39, 0.29) is 55.1 Å². The molecule has 4 N–H and O–H groups in total. The lowest BCUT2D eigenvalue weighted by Gasteiger charge is -2.30. The largest absolute Gasteiger partial charge is 0.507 e. The van der Waals surface area contributed by atoms with E-state index in [4.69, 9.17) is 47.6 Å². The zero-order valence-electron chi connectivity index (χ0n) is 30.9. The van der Waals surface area contributed by atoms with Crippen molar-refractivity contribution in [2.24, 2.45) is 0 Å². The molecule has 3 aliphatic rings. The summed E-state index contributed by atoms with van der Waals surface area (Å²) in [6.45, 7) is 6.78. The summed E-state index contributed by atoms with van der Waals surface area (Å²) in [5.41, 5.74) is 6.27. The maximum atomic E-state index is 12.7. The van der Waals surface area contributed by atoms with Crippen LogP contribution in [-0.2, 0) is 14.3 Å². The number of likely N-dealkylation sites (tertiary alicyclic amines) is 1. The van der Waals surface area contributed by atoms with E-state index in [0.717, 1.165) is 0 Å². The van der Waals surface area contributed by atoms with Crippen molar-refractivity contribution in [1.82, 2.24) is 4.90 Å². The molecule has 4 aromatic carbocycles. The summed E-state index contributed by atoms with van der Waals surface area (Å²) in [4.78, 5) is 49.1. The Balaban J connectivity index is 0.000000183. The predicted molar refractivity (Wildman–Crippen MR) is 211 cm³/mol. The highest BCUT2D eigenvalue weighted by Crippen LogP contribution is 2.53. The molecular weight excluding hydrogens is 785 g/mol. The maximum Gasteiger partial charge on any atom is 0.347 e. The second kappa shape index (κ2) is 17.5. The number of carbonyl (C=O) groups is 4. The number of nitrogens with zero attached hydrogens (tertiary/aromatic N) is 1. The lowest BCUT2D eigenvalue weighted by molar-refractivity contribution is -0.134.